The smallest absolute Gasteiger partial charge is 0.259 e. The number of nitrogens with one attached hydrogen (secondary N) is 1. The summed E-state index contributed by atoms with van der Waals surface area (Å²) in [5.41, 5.74) is 1.04. The van der Waals surface area contributed by atoms with Crippen LogP contribution in [-0.2, 0) is 0 Å². The predicted molar refractivity (Wildman–Crippen MR) is 121 cm³/mol. The molecule has 0 aliphatic carbocycles. The fourth-order valence-electron chi connectivity index (χ4n) is 3.50. The Bertz CT molecular complexity index is 1320. The van der Waals surface area contributed by atoms with Gasteiger partial charge in [0.15, 0.2) is 11.5 Å². The van der Waals surface area contributed by atoms with Crippen molar-refractivity contribution in [2.45, 2.75) is 13.8 Å². The van der Waals surface area contributed by atoms with Crippen LogP contribution in [0.3, 0.4) is 0 Å². The Labute approximate surface area is 190 Å². The van der Waals surface area contributed by atoms with E-state index in [2.05, 4.69) is 20.3 Å². The lowest BCUT2D eigenvalue weighted by molar-refractivity contribution is 0.101. The van der Waals surface area contributed by atoms with E-state index < -0.39 is 0 Å². The summed E-state index contributed by atoms with van der Waals surface area (Å²) in [4.78, 5) is 25.8. The van der Waals surface area contributed by atoms with Crippen molar-refractivity contribution in [3.8, 4) is 28.9 Å². The molecule has 1 aliphatic heterocycles. The van der Waals surface area contributed by atoms with Crippen LogP contribution in [0.15, 0.2) is 60.9 Å². The zero-order valence-corrected chi connectivity index (χ0v) is 18.1. The number of hydrogen-bond acceptors (Lipinski definition) is 7. The largest absolute Gasteiger partial charge is 0.486 e. The molecule has 0 radical (unpaired) electrons. The number of anilines is 1. The molecule has 1 amide bonds. The highest BCUT2D eigenvalue weighted by molar-refractivity contribution is 6.06. The van der Waals surface area contributed by atoms with E-state index in [1.165, 1.54) is 0 Å². The average Bonchev–Trinajstić information content (AvgIpc) is 3.25. The Balaban J connectivity index is 1.30. The van der Waals surface area contributed by atoms with Crippen LogP contribution in [0.2, 0.25) is 0 Å². The molecule has 2 aromatic carbocycles. The minimum atomic E-state index is -0.280. The number of para-hydroxylation sites is 1. The summed E-state index contributed by atoms with van der Waals surface area (Å²) < 4.78 is 19.0. The number of amides is 1. The molecule has 2 aromatic heterocycles. The Morgan fingerprint density at radius 3 is 2.67 bits per heavy atom. The zero-order chi connectivity index (χ0) is 22.8. The van der Waals surface area contributed by atoms with E-state index in [0.717, 1.165) is 5.82 Å². The second-order valence-electron chi connectivity index (χ2n) is 7.37. The molecule has 0 bridgehead atoms. The summed E-state index contributed by atoms with van der Waals surface area (Å²) >= 11 is 0. The number of carbonyl (C=O) groups excluding carboxylic acids is 1. The van der Waals surface area contributed by atoms with Crippen LogP contribution in [-0.4, -0.2) is 38.6 Å². The number of imidazole rings is 1. The van der Waals surface area contributed by atoms with E-state index >= 15 is 0 Å². The third-order valence-corrected chi connectivity index (χ3v) is 5.02. The van der Waals surface area contributed by atoms with Crippen molar-refractivity contribution < 1.29 is 19.0 Å². The summed E-state index contributed by atoms with van der Waals surface area (Å²) in [5.74, 6) is 3.82. The number of rotatable bonds is 5. The summed E-state index contributed by atoms with van der Waals surface area (Å²) in [6.07, 6.45) is 3.55. The van der Waals surface area contributed by atoms with Crippen molar-refractivity contribution in [2.24, 2.45) is 0 Å². The second kappa shape index (κ2) is 8.62. The summed E-state index contributed by atoms with van der Waals surface area (Å²) in [7, 11) is 0. The number of hydrogen-bond donors (Lipinski definition) is 1. The molecular weight excluding hydrogens is 422 g/mol. The number of benzene rings is 2. The molecule has 9 nitrogen and oxygen atoms in total. The van der Waals surface area contributed by atoms with Crippen LogP contribution in [0.1, 0.15) is 22.0 Å². The van der Waals surface area contributed by atoms with Crippen LogP contribution in [0, 0.1) is 13.8 Å². The summed E-state index contributed by atoms with van der Waals surface area (Å²) in [6, 6.07) is 14.0. The molecule has 0 fully saturated rings. The lowest BCUT2D eigenvalue weighted by Crippen LogP contribution is -2.20. The van der Waals surface area contributed by atoms with Gasteiger partial charge in [0.2, 0.25) is 5.88 Å². The molecule has 0 spiro atoms. The van der Waals surface area contributed by atoms with E-state index in [0.29, 0.717) is 59.2 Å². The Morgan fingerprint density at radius 1 is 1.06 bits per heavy atom. The quantitative estimate of drug-likeness (QED) is 0.496. The molecule has 0 saturated carbocycles. The Hall–Kier alpha value is -4.40. The molecular formula is C24H21N5O4. The normalized spacial score (nSPS) is 12.3. The third kappa shape index (κ3) is 4.33. The van der Waals surface area contributed by atoms with Crippen molar-refractivity contribution in [2.75, 3.05) is 18.5 Å². The highest BCUT2D eigenvalue weighted by Gasteiger charge is 2.20. The number of aromatic nitrogens is 4. The molecule has 9 heteroatoms. The number of carbonyl (C=O) groups is 1. The van der Waals surface area contributed by atoms with Gasteiger partial charge in [-0.05, 0) is 50.2 Å². The lowest BCUT2D eigenvalue weighted by Gasteiger charge is -2.20. The van der Waals surface area contributed by atoms with E-state index in [4.69, 9.17) is 14.2 Å². The van der Waals surface area contributed by atoms with Gasteiger partial charge in [-0.3, -0.25) is 9.36 Å². The van der Waals surface area contributed by atoms with Crippen LogP contribution < -0.4 is 19.5 Å². The summed E-state index contributed by atoms with van der Waals surface area (Å²) in [6.45, 7) is 4.58. The standard InChI is InChI=1S/C24H21N5O4/c1-15-26-21(29-11-10-25-16(29)2)14-22(27-15)33-18-8-6-17(7-9-18)28-24(30)19-4-3-5-20-23(19)32-13-12-31-20/h3-11,14H,12-13H2,1-2H3,(H,28,30). The van der Waals surface area contributed by atoms with E-state index in [9.17, 15) is 4.79 Å². The lowest BCUT2D eigenvalue weighted by atomic mass is 10.1. The van der Waals surface area contributed by atoms with Crippen molar-refractivity contribution in [3.63, 3.8) is 0 Å². The number of aryl methyl sites for hydroxylation is 2. The Kier molecular flexibility index (Phi) is 5.35. The second-order valence-corrected chi connectivity index (χ2v) is 7.37. The van der Waals surface area contributed by atoms with Crippen LogP contribution in [0.4, 0.5) is 5.69 Å². The molecule has 166 valence electrons. The fraction of sp³-hybridized carbons (Fsp3) is 0.167. The number of nitrogens with zero attached hydrogens (tertiary/aromatic N) is 4. The number of ether oxygens (including phenoxy) is 3. The van der Waals surface area contributed by atoms with Gasteiger partial charge >= 0.3 is 0 Å². The average molecular weight is 443 g/mol. The topological polar surface area (TPSA) is 100 Å². The predicted octanol–water partition coefficient (Wildman–Crippen LogP) is 4.09. The van der Waals surface area contributed by atoms with Gasteiger partial charge in [0.25, 0.3) is 5.91 Å². The zero-order valence-electron chi connectivity index (χ0n) is 18.1. The van der Waals surface area contributed by atoms with E-state index in [1.807, 2.05) is 17.7 Å². The van der Waals surface area contributed by atoms with Gasteiger partial charge in [0, 0.05) is 24.1 Å². The molecule has 1 N–H and O–H groups in total. The van der Waals surface area contributed by atoms with Gasteiger partial charge < -0.3 is 19.5 Å². The first kappa shape index (κ1) is 20.5. The van der Waals surface area contributed by atoms with Crippen molar-refractivity contribution in [1.29, 1.82) is 0 Å². The molecule has 4 aromatic rings. The van der Waals surface area contributed by atoms with Gasteiger partial charge in [0.1, 0.15) is 36.4 Å². The van der Waals surface area contributed by atoms with Gasteiger partial charge in [-0.15, -0.1) is 0 Å². The maximum absolute atomic E-state index is 12.8. The molecule has 1 aliphatic rings. The van der Waals surface area contributed by atoms with Gasteiger partial charge in [-0.25, -0.2) is 9.97 Å². The van der Waals surface area contributed by atoms with Gasteiger partial charge in [-0.2, -0.15) is 4.98 Å². The monoisotopic (exact) mass is 443 g/mol. The first-order chi connectivity index (χ1) is 16.1. The minimum absolute atomic E-state index is 0.280. The van der Waals surface area contributed by atoms with Crippen LogP contribution >= 0.6 is 0 Å². The third-order valence-electron chi connectivity index (χ3n) is 5.02. The van der Waals surface area contributed by atoms with Crippen molar-refractivity contribution in [3.05, 3.63) is 78.1 Å². The van der Waals surface area contributed by atoms with Crippen LogP contribution in [0.25, 0.3) is 5.82 Å². The molecule has 0 saturated heterocycles. The van der Waals surface area contributed by atoms with E-state index in [1.54, 1.807) is 61.7 Å². The maximum Gasteiger partial charge on any atom is 0.259 e. The van der Waals surface area contributed by atoms with Crippen LogP contribution in [0.5, 0.6) is 23.1 Å². The SMILES string of the molecule is Cc1nc(Oc2ccc(NC(=O)c3cccc4c3OCCO4)cc2)cc(-n2ccnc2C)n1. The first-order valence-electron chi connectivity index (χ1n) is 10.4. The highest BCUT2D eigenvalue weighted by Crippen LogP contribution is 2.34. The van der Waals surface area contributed by atoms with Gasteiger partial charge in [0.05, 0.1) is 5.56 Å². The Morgan fingerprint density at radius 2 is 1.88 bits per heavy atom. The van der Waals surface area contributed by atoms with Gasteiger partial charge in [-0.1, -0.05) is 6.07 Å². The maximum atomic E-state index is 12.8. The first-order valence-corrected chi connectivity index (χ1v) is 10.4. The molecule has 0 atom stereocenters. The van der Waals surface area contributed by atoms with Crippen molar-refractivity contribution >= 4 is 11.6 Å². The summed E-state index contributed by atoms with van der Waals surface area (Å²) in [5, 5.41) is 2.88. The van der Waals surface area contributed by atoms with E-state index in [-0.39, 0.29) is 5.91 Å². The fourth-order valence-corrected chi connectivity index (χ4v) is 3.50. The van der Waals surface area contributed by atoms with Crippen molar-refractivity contribution in [1.82, 2.24) is 19.5 Å². The molecule has 0 unspecified atom stereocenters. The highest BCUT2D eigenvalue weighted by atomic mass is 16.6. The minimum Gasteiger partial charge on any atom is -0.486 e. The molecule has 5 rings (SSSR count). The molecule has 3 heterocycles. The number of fused-ring (bicyclic) bond motifs is 1. The molecule has 33 heavy (non-hydrogen) atoms.